The maximum Gasteiger partial charge on any atom is 0.119 e. The maximum atomic E-state index is 5.74. The van der Waals surface area contributed by atoms with Gasteiger partial charge in [0.2, 0.25) is 0 Å². The Kier molecular flexibility index (Phi) is 5.96. The van der Waals surface area contributed by atoms with Gasteiger partial charge in [0.25, 0.3) is 0 Å². The third-order valence-electron chi connectivity index (χ3n) is 3.52. The Morgan fingerprint density at radius 1 is 1.29 bits per heavy atom. The molecule has 2 atom stereocenters. The molecule has 1 aromatic carbocycles. The number of benzene rings is 1. The Labute approximate surface area is 132 Å². The molecular weight excluding hydrogens is 284 g/mol. The van der Waals surface area contributed by atoms with Crippen LogP contribution in [0.1, 0.15) is 25.8 Å². The predicted octanol–water partition coefficient (Wildman–Crippen LogP) is 2.20. The van der Waals surface area contributed by atoms with E-state index in [-0.39, 0.29) is 0 Å². The van der Waals surface area contributed by atoms with Crippen LogP contribution in [0.4, 0.5) is 0 Å². The number of morpholine rings is 1. The van der Waals surface area contributed by atoms with Crippen LogP contribution in [0, 0.1) is 0 Å². The molecule has 0 spiro atoms. The Bertz CT molecular complexity index is 454. The standard InChI is InChI=1S/C16H24N2O2S/c1-12-10-18(11-13(2)20-12)8-3-9-19-15-6-4-14(5-7-15)16(17)21/h4-7,12-13H,3,8-11H2,1-2H3,(H2,17,21)/t12-,13+. The van der Waals surface area contributed by atoms with E-state index in [2.05, 4.69) is 18.7 Å². The lowest BCUT2D eigenvalue weighted by atomic mass is 10.2. The van der Waals surface area contributed by atoms with Gasteiger partial charge >= 0.3 is 0 Å². The van der Waals surface area contributed by atoms with Crippen LogP contribution in [0.3, 0.4) is 0 Å². The lowest BCUT2D eigenvalue weighted by molar-refractivity contribution is -0.0686. The van der Waals surface area contributed by atoms with E-state index in [0.29, 0.717) is 23.8 Å². The van der Waals surface area contributed by atoms with Crippen LogP contribution in [-0.2, 0) is 4.74 Å². The average Bonchev–Trinajstić information content (AvgIpc) is 2.43. The van der Waals surface area contributed by atoms with Crippen molar-refractivity contribution >= 4 is 17.2 Å². The fraction of sp³-hybridized carbons (Fsp3) is 0.562. The van der Waals surface area contributed by atoms with Crippen molar-refractivity contribution < 1.29 is 9.47 Å². The molecule has 0 aliphatic carbocycles. The molecule has 1 aromatic rings. The molecule has 0 radical (unpaired) electrons. The van der Waals surface area contributed by atoms with Crippen LogP contribution in [0.25, 0.3) is 0 Å². The van der Waals surface area contributed by atoms with Crippen LogP contribution < -0.4 is 10.5 Å². The summed E-state index contributed by atoms with van der Waals surface area (Å²) in [6.07, 6.45) is 1.65. The molecule has 0 saturated carbocycles. The molecule has 4 nitrogen and oxygen atoms in total. The summed E-state index contributed by atoms with van der Waals surface area (Å²) in [7, 11) is 0. The monoisotopic (exact) mass is 308 g/mol. The fourth-order valence-electron chi connectivity index (χ4n) is 2.66. The van der Waals surface area contributed by atoms with Gasteiger partial charge in [-0.25, -0.2) is 0 Å². The number of hydrogen-bond donors (Lipinski definition) is 1. The second-order valence-electron chi connectivity index (χ2n) is 5.61. The second-order valence-corrected chi connectivity index (χ2v) is 6.05. The first-order chi connectivity index (χ1) is 10.0. The van der Waals surface area contributed by atoms with Crippen LogP contribution in [0.15, 0.2) is 24.3 Å². The summed E-state index contributed by atoms with van der Waals surface area (Å²) < 4.78 is 11.5. The molecule has 0 unspecified atom stereocenters. The third kappa shape index (κ3) is 5.26. The number of thiocarbonyl (C=S) groups is 1. The molecule has 0 aromatic heterocycles. The molecular formula is C16H24N2O2S. The topological polar surface area (TPSA) is 47.7 Å². The second kappa shape index (κ2) is 7.73. The van der Waals surface area contributed by atoms with Crippen LogP contribution >= 0.6 is 12.2 Å². The number of ether oxygens (including phenoxy) is 2. The van der Waals surface area contributed by atoms with E-state index in [4.69, 9.17) is 27.4 Å². The fourth-order valence-corrected chi connectivity index (χ4v) is 2.80. The van der Waals surface area contributed by atoms with E-state index >= 15 is 0 Å². The first kappa shape index (κ1) is 16.2. The molecule has 1 fully saturated rings. The Hall–Kier alpha value is -1.17. The largest absolute Gasteiger partial charge is 0.494 e. The summed E-state index contributed by atoms with van der Waals surface area (Å²) in [5.41, 5.74) is 6.43. The van der Waals surface area contributed by atoms with E-state index < -0.39 is 0 Å². The van der Waals surface area contributed by atoms with Crippen molar-refractivity contribution in [1.29, 1.82) is 0 Å². The average molecular weight is 308 g/mol. The van der Waals surface area contributed by atoms with Gasteiger partial charge in [-0.1, -0.05) is 12.2 Å². The van der Waals surface area contributed by atoms with Crippen molar-refractivity contribution in [3.8, 4) is 5.75 Å². The zero-order chi connectivity index (χ0) is 15.2. The summed E-state index contributed by atoms with van der Waals surface area (Å²) in [4.78, 5) is 2.86. The van der Waals surface area contributed by atoms with Crippen molar-refractivity contribution in [3.63, 3.8) is 0 Å². The summed E-state index contributed by atoms with van der Waals surface area (Å²) in [5, 5.41) is 0. The van der Waals surface area contributed by atoms with Crippen molar-refractivity contribution in [2.45, 2.75) is 32.5 Å². The number of rotatable bonds is 6. The van der Waals surface area contributed by atoms with Crippen molar-refractivity contribution in [3.05, 3.63) is 29.8 Å². The van der Waals surface area contributed by atoms with Gasteiger partial charge in [0.05, 0.1) is 18.8 Å². The Balaban J connectivity index is 1.68. The SMILES string of the molecule is C[C@@H]1CN(CCCOc2ccc(C(N)=S)cc2)C[C@H](C)O1. The molecule has 116 valence electrons. The Morgan fingerprint density at radius 2 is 1.90 bits per heavy atom. The number of nitrogens with two attached hydrogens (primary N) is 1. The first-order valence-electron chi connectivity index (χ1n) is 7.45. The van der Waals surface area contributed by atoms with Gasteiger partial charge in [-0.15, -0.1) is 0 Å². The lowest BCUT2D eigenvalue weighted by Crippen LogP contribution is -2.45. The molecule has 1 saturated heterocycles. The van der Waals surface area contributed by atoms with Crippen molar-refractivity contribution in [2.24, 2.45) is 5.73 Å². The Morgan fingerprint density at radius 3 is 2.48 bits per heavy atom. The highest BCUT2D eigenvalue weighted by atomic mass is 32.1. The van der Waals surface area contributed by atoms with E-state index in [1.165, 1.54) is 0 Å². The van der Waals surface area contributed by atoms with Gasteiger partial charge in [0.15, 0.2) is 0 Å². The molecule has 5 heteroatoms. The molecule has 1 aliphatic heterocycles. The van der Waals surface area contributed by atoms with Gasteiger partial charge in [-0.2, -0.15) is 0 Å². The number of hydrogen-bond acceptors (Lipinski definition) is 4. The molecule has 0 bridgehead atoms. The molecule has 2 N–H and O–H groups in total. The van der Waals surface area contributed by atoms with Crippen LogP contribution in [0.5, 0.6) is 5.75 Å². The summed E-state index contributed by atoms with van der Waals surface area (Å²) in [6, 6.07) is 7.60. The maximum absolute atomic E-state index is 5.74. The van der Waals surface area contributed by atoms with E-state index in [1.807, 2.05) is 24.3 Å². The highest BCUT2D eigenvalue weighted by Crippen LogP contribution is 2.13. The summed E-state index contributed by atoms with van der Waals surface area (Å²) in [6.45, 7) is 8.03. The summed E-state index contributed by atoms with van der Waals surface area (Å²) >= 11 is 4.92. The quantitative estimate of drug-likeness (QED) is 0.645. The van der Waals surface area contributed by atoms with E-state index in [9.17, 15) is 0 Å². The zero-order valence-corrected chi connectivity index (χ0v) is 13.6. The minimum absolute atomic E-state index is 0.322. The van der Waals surface area contributed by atoms with Gasteiger partial charge in [-0.3, -0.25) is 4.90 Å². The first-order valence-corrected chi connectivity index (χ1v) is 7.86. The summed E-state index contributed by atoms with van der Waals surface area (Å²) in [5.74, 6) is 0.860. The van der Waals surface area contributed by atoms with Gasteiger partial charge in [-0.05, 0) is 44.5 Å². The minimum atomic E-state index is 0.322. The van der Waals surface area contributed by atoms with Gasteiger partial charge < -0.3 is 15.2 Å². The zero-order valence-electron chi connectivity index (χ0n) is 12.7. The molecule has 1 heterocycles. The predicted molar refractivity (Wildman–Crippen MR) is 88.9 cm³/mol. The van der Waals surface area contributed by atoms with Crippen LogP contribution in [-0.4, -0.2) is 48.3 Å². The normalized spacial score (nSPS) is 23.0. The van der Waals surface area contributed by atoms with Crippen molar-refractivity contribution in [1.82, 2.24) is 4.90 Å². The molecule has 0 amide bonds. The smallest absolute Gasteiger partial charge is 0.119 e. The highest BCUT2D eigenvalue weighted by Gasteiger charge is 2.21. The van der Waals surface area contributed by atoms with Gasteiger partial charge in [0.1, 0.15) is 10.7 Å². The molecule has 21 heavy (non-hydrogen) atoms. The number of nitrogens with zero attached hydrogens (tertiary/aromatic N) is 1. The highest BCUT2D eigenvalue weighted by molar-refractivity contribution is 7.80. The lowest BCUT2D eigenvalue weighted by Gasteiger charge is -2.35. The van der Waals surface area contributed by atoms with E-state index in [1.54, 1.807) is 0 Å². The van der Waals surface area contributed by atoms with Crippen LogP contribution in [0.2, 0.25) is 0 Å². The minimum Gasteiger partial charge on any atom is -0.494 e. The molecule has 2 rings (SSSR count). The van der Waals surface area contributed by atoms with Crippen molar-refractivity contribution in [2.75, 3.05) is 26.2 Å². The molecule has 1 aliphatic rings. The van der Waals surface area contributed by atoms with E-state index in [0.717, 1.165) is 37.4 Å². The third-order valence-corrected chi connectivity index (χ3v) is 3.76. The van der Waals surface area contributed by atoms with Gasteiger partial charge in [0, 0.05) is 25.2 Å².